The van der Waals surface area contributed by atoms with Gasteiger partial charge < -0.3 is 26.0 Å². The maximum Gasteiger partial charge on any atom is 0.328 e. The molecule has 1 aliphatic rings. The Morgan fingerprint density at radius 1 is 1.53 bits per heavy atom. The first-order valence-corrected chi connectivity index (χ1v) is 6.25. The number of carboxylic acid groups (broad SMARTS) is 1. The number of amides is 1. The molecule has 0 heterocycles. The van der Waals surface area contributed by atoms with Crippen LogP contribution in [0.15, 0.2) is 0 Å². The minimum atomic E-state index is -1.34. The lowest BCUT2D eigenvalue weighted by Crippen LogP contribution is -2.76. The quantitative estimate of drug-likeness (QED) is 0.497. The smallest absolute Gasteiger partial charge is 0.328 e. The van der Waals surface area contributed by atoms with Gasteiger partial charge >= 0.3 is 5.97 Å². The number of nitrogens with two attached hydrogens (primary N) is 1. The number of aliphatic hydroxyl groups is 1. The molecule has 7 nitrogen and oxygen atoms in total. The Bertz CT molecular complexity index is 371. The Balaban J connectivity index is 2.75. The molecule has 110 valence electrons. The average Bonchev–Trinajstić information content (AvgIpc) is 2.34. The second kappa shape index (κ2) is 5.44. The van der Waals surface area contributed by atoms with Crippen molar-refractivity contribution in [2.75, 3.05) is 13.2 Å². The first-order valence-electron chi connectivity index (χ1n) is 6.25. The van der Waals surface area contributed by atoms with Gasteiger partial charge in [-0.1, -0.05) is 13.8 Å². The third-order valence-corrected chi connectivity index (χ3v) is 4.02. The zero-order valence-electron chi connectivity index (χ0n) is 11.5. The molecule has 1 amide bonds. The number of carbonyl (C=O) groups excluding carboxylic acids is 1. The minimum absolute atomic E-state index is 0.134. The molecule has 1 saturated carbocycles. The van der Waals surface area contributed by atoms with Gasteiger partial charge in [0.15, 0.2) is 0 Å². The lowest BCUT2D eigenvalue weighted by atomic mass is 9.54. The maximum atomic E-state index is 12.1. The molecule has 19 heavy (non-hydrogen) atoms. The molecule has 7 heteroatoms. The molecule has 3 atom stereocenters. The zero-order valence-corrected chi connectivity index (χ0v) is 11.5. The van der Waals surface area contributed by atoms with E-state index in [4.69, 9.17) is 20.7 Å². The molecule has 0 spiro atoms. The Labute approximate surface area is 112 Å². The summed E-state index contributed by atoms with van der Waals surface area (Å²) in [6, 6.07) is -1.34. The van der Waals surface area contributed by atoms with E-state index in [1.807, 2.05) is 20.8 Å². The van der Waals surface area contributed by atoms with E-state index in [2.05, 4.69) is 5.32 Å². The van der Waals surface area contributed by atoms with Crippen LogP contribution in [0.25, 0.3) is 0 Å². The van der Waals surface area contributed by atoms with E-state index in [-0.39, 0.29) is 6.10 Å². The third-order valence-electron chi connectivity index (χ3n) is 4.02. The van der Waals surface area contributed by atoms with E-state index in [0.29, 0.717) is 13.0 Å². The van der Waals surface area contributed by atoms with Crippen LogP contribution in [-0.2, 0) is 14.3 Å². The van der Waals surface area contributed by atoms with E-state index >= 15 is 0 Å². The summed E-state index contributed by atoms with van der Waals surface area (Å²) in [4.78, 5) is 22.9. The Morgan fingerprint density at radius 2 is 2.11 bits per heavy atom. The second-order valence-corrected chi connectivity index (χ2v) is 5.39. The summed E-state index contributed by atoms with van der Waals surface area (Å²) in [5.41, 5.74) is 4.30. The lowest BCUT2D eigenvalue weighted by molar-refractivity contribution is -0.172. The lowest BCUT2D eigenvalue weighted by Gasteiger charge is -2.57. The van der Waals surface area contributed by atoms with Crippen LogP contribution in [0.2, 0.25) is 0 Å². The van der Waals surface area contributed by atoms with Gasteiger partial charge in [-0.2, -0.15) is 0 Å². The molecule has 0 radical (unpaired) electrons. The summed E-state index contributed by atoms with van der Waals surface area (Å²) in [6.45, 7) is 5.34. The number of rotatable bonds is 6. The minimum Gasteiger partial charge on any atom is -0.480 e. The number of aliphatic hydroxyl groups excluding tert-OH is 1. The Morgan fingerprint density at radius 3 is 2.47 bits per heavy atom. The first-order chi connectivity index (χ1) is 8.70. The van der Waals surface area contributed by atoms with Gasteiger partial charge in [-0.15, -0.1) is 0 Å². The van der Waals surface area contributed by atoms with Crippen molar-refractivity contribution in [1.82, 2.24) is 5.32 Å². The summed E-state index contributed by atoms with van der Waals surface area (Å²) in [6.07, 6.45) is 0.197. The van der Waals surface area contributed by atoms with Crippen molar-refractivity contribution in [3.8, 4) is 0 Å². The molecule has 1 rings (SSSR count). The molecule has 2 unspecified atom stereocenters. The fourth-order valence-corrected chi connectivity index (χ4v) is 2.29. The molecule has 0 bridgehead atoms. The van der Waals surface area contributed by atoms with Crippen molar-refractivity contribution in [2.45, 2.75) is 44.9 Å². The Hall–Kier alpha value is -1.18. The van der Waals surface area contributed by atoms with Gasteiger partial charge in [-0.3, -0.25) is 4.79 Å². The van der Waals surface area contributed by atoms with Crippen molar-refractivity contribution in [1.29, 1.82) is 0 Å². The van der Waals surface area contributed by atoms with Crippen LogP contribution in [-0.4, -0.2) is 53.0 Å². The van der Waals surface area contributed by atoms with E-state index in [1.54, 1.807) is 0 Å². The number of hydrogen-bond acceptors (Lipinski definition) is 5. The van der Waals surface area contributed by atoms with Gasteiger partial charge in [0, 0.05) is 18.4 Å². The Kier molecular flexibility index (Phi) is 4.54. The predicted molar refractivity (Wildman–Crippen MR) is 67.4 cm³/mol. The molecule has 0 aromatic carbocycles. The van der Waals surface area contributed by atoms with Crippen LogP contribution in [0.1, 0.15) is 27.2 Å². The van der Waals surface area contributed by atoms with Crippen LogP contribution in [0.3, 0.4) is 0 Å². The molecule has 1 fully saturated rings. The van der Waals surface area contributed by atoms with Crippen LogP contribution < -0.4 is 11.1 Å². The largest absolute Gasteiger partial charge is 0.480 e. The van der Waals surface area contributed by atoms with Gasteiger partial charge in [-0.05, 0) is 6.92 Å². The normalized spacial score (nSPS) is 30.3. The standard InChI is InChI=1S/C12H22N2O5/c1-4-19-8-5-12(13,11(8,2)3)10(18)14-7(6-15)9(16)17/h7-8,15H,4-6,13H2,1-3H3,(H,14,18)(H,16,17)/t7-,8?,12?/m0/s1. The maximum absolute atomic E-state index is 12.1. The SMILES string of the molecule is CCOC1CC(N)(C(=O)N[C@@H](CO)C(=O)O)C1(C)C. The number of aliphatic carboxylic acids is 1. The van der Waals surface area contributed by atoms with Crippen molar-refractivity contribution in [2.24, 2.45) is 11.1 Å². The molecule has 0 saturated heterocycles. The highest BCUT2D eigenvalue weighted by Gasteiger charge is 2.63. The molecular weight excluding hydrogens is 252 g/mol. The van der Waals surface area contributed by atoms with Gasteiger partial charge in [0.2, 0.25) is 5.91 Å². The van der Waals surface area contributed by atoms with Crippen molar-refractivity contribution in [3.63, 3.8) is 0 Å². The average molecular weight is 274 g/mol. The van der Waals surface area contributed by atoms with Crippen LogP contribution >= 0.6 is 0 Å². The molecule has 0 aromatic rings. The topological polar surface area (TPSA) is 122 Å². The summed E-state index contributed by atoms with van der Waals surface area (Å²) < 4.78 is 5.49. The summed E-state index contributed by atoms with van der Waals surface area (Å²) in [7, 11) is 0. The number of nitrogens with one attached hydrogen (secondary N) is 1. The van der Waals surface area contributed by atoms with Gasteiger partial charge in [-0.25, -0.2) is 4.79 Å². The first kappa shape index (κ1) is 15.9. The number of carbonyl (C=O) groups is 2. The summed E-state index contributed by atoms with van der Waals surface area (Å²) >= 11 is 0. The van der Waals surface area contributed by atoms with Crippen LogP contribution in [0.4, 0.5) is 0 Å². The fourth-order valence-electron chi connectivity index (χ4n) is 2.29. The van der Waals surface area contributed by atoms with Gasteiger partial charge in [0.05, 0.1) is 12.7 Å². The van der Waals surface area contributed by atoms with Gasteiger partial charge in [0.25, 0.3) is 0 Å². The van der Waals surface area contributed by atoms with Crippen LogP contribution in [0.5, 0.6) is 0 Å². The van der Waals surface area contributed by atoms with Crippen molar-refractivity contribution >= 4 is 11.9 Å². The highest BCUT2D eigenvalue weighted by molar-refractivity contribution is 5.92. The number of carboxylic acids is 1. The predicted octanol–water partition coefficient (Wildman–Crippen LogP) is -0.919. The molecule has 0 aliphatic heterocycles. The summed E-state index contributed by atoms with van der Waals surface area (Å²) in [5.74, 6) is -1.87. The van der Waals surface area contributed by atoms with E-state index < -0.39 is 35.5 Å². The molecule has 0 aromatic heterocycles. The highest BCUT2D eigenvalue weighted by Crippen LogP contribution is 2.49. The fraction of sp³-hybridized carbons (Fsp3) is 0.833. The molecule has 1 aliphatic carbocycles. The van der Waals surface area contributed by atoms with E-state index in [9.17, 15) is 9.59 Å². The van der Waals surface area contributed by atoms with Crippen molar-refractivity contribution in [3.05, 3.63) is 0 Å². The van der Waals surface area contributed by atoms with Crippen LogP contribution in [0, 0.1) is 5.41 Å². The second-order valence-electron chi connectivity index (χ2n) is 5.39. The van der Waals surface area contributed by atoms with E-state index in [1.165, 1.54) is 0 Å². The third kappa shape index (κ3) is 2.58. The number of ether oxygens (including phenoxy) is 1. The summed E-state index contributed by atoms with van der Waals surface area (Å²) in [5, 5.41) is 20.0. The van der Waals surface area contributed by atoms with E-state index in [0.717, 1.165) is 0 Å². The molecule has 5 N–H and O–H groups in total. The molecular formula is C12H22N2O5. The van der Waals surface area contributed by atoms with Gasteiger partial charge in [0.1, 0.15) is 11.6 Å². The highest BCUT2D eigenvalue weighted by atomic mass is 16.5. The van der Waals surface area contributed by atoms with Crippen molar-refractivity contribution < 1.29 is 24.5 Å². The zero-order chi connectivity index (χ0) is 14.8. The number of hydrogen-bond donors (Lipinski definition) is 4. The monoisotopic (exact) mass is 274 g/mol.